The third kappa shape index (κ3) is 2.49. The molecule has 5 N–H and O–H groups in total. The first-order valence-corrected chi connectivity index (χ1v) is 7.13. The minimum absolute atomic E-state index is 0.165. The minimum Gasteiger partial charge on any atom is -0.508 e. The first-order valence-electron chi connectivity index (χ1n) is 7.13. The number of aromatic hydroxyl groups is 1. The summed E-state index contributed by atoms with van der Waals surface area (Å²) in [5.74, 6) is 0.360. The lowest BCUT2D eigenvalue weighted by Gasteiger charge is -2.28. The number of hydrogen-bond donors (Lipinski definition) is 5. The molecule has 0 saturated heterocycles. The number of benzene rings is 1. The first-order chi connectivity index (χ1) is 9.60. The number of phenols is 1. The number of anilines is 1. The van der Waals surface area contributed by atoms with E-state index in [1.165, 1.54) is 5.56 Å². The highest BCUT2D eigenvalue weighted by Crippen LogP contribution is 2.41. The van der Waals surface area contributed by atoms with Crippen molar-refractivity contribution in [2.45, 2.75) is 31.3 Å². The van der Waals surface area contributed by atoms with Crippen LogP contribution in [0.3, 0.4) is 0 Å². The van der Waals surface area contributed by atoms with Gasteiger partial charge in [0.05, 0.1) is 5.66 Å². The molecular weight excluding hydrogens is 254 g/mol. The van der Waals surface area contributed by atoms with Gasteiger partial charge in [0.15, 0.2) is 0 Å². The Bertz CT molecular complexity index is 484. The van der Waals surface area contributed by atoms with Gasteiger partial charge in [-0.15, -0.1) is 0 Å². The van der Waals surface area contributed by atoms with Crippen molar-refractivity contribution in [1.82, 2.24) is 10.6 Å². The fourth-order valence-corrected chi connectivity index (χ4v) is 3.14. The Morgan fingerprint density at radius 3 is 2.35 bits per heavy atom. The van der Waals surface area contributed by atoms with Gasteiger partial charge in [-0.3, -0.25) is 0 Å². The van der Waals surface area contributed by atoms with Gasteiger partial charge in [0.25, 0.3) is 0 Å². The van der Waals surface area contributed by atoms with Crippen molar-refractivity contribution in [2.75, 3.05) is 33.1 Å². The van der Waals surface area contributed by atoms with Crippen molar-refractivity contribution in [3.63, 3.8) is 0 Å². The number of aliphatic hydroxyl groups is 1. The summed E-state index contributed by atoms with van der Waals surface area (Å²) in [4.78, 5) is 0. The molecule has 112 valence electrons. The summed E-state index contributed by atoms with van der Waals surface area (Å²) < 4.78 is 0. The summed E-state index contributed by atoms with van der Waals surface area (Å²) in [7, 11) is 5.78. The molecule has 1 aromatic carbocycles. The average molecular weight is 279 g/mol. The second kappa shape index (κ2) is 5.99. The molecule has 0 bridgehead atoms. The highest BCUT2D eigenvalue weighted by Gasteiger charge is 2.38. The number of phenolic OH excluding ortho intramolecular Hbond substituents is 1. The molecule has 0 spiro atoms. The molecule has 0 aliphatic heterocycles. The van der Waals surface area contributed by atoms with Crippen LogP contribution in [0, 0.1) is 0 Å². The Morgan fingerprint density at radius 1 is 1.15 bits per heavy atom. The third-order valence-electron chi connectivity index (χ3n) is 4.38. The van der Waals surface area contributed by atoms with Gasteiger partial charge >= 0.3 is 0 Å². The van der Waals surface area contributed by atoms with Crippen molar-refractivity contribution < 1.29 is 10.2 Å². The molecule has 0 fully saturated rings. The van der Waals surface area contributed by atoms with E-state index in [0.717, 1.165) is 36.1 Å². The van der Waals surface area contributed by atoms with Crippen LogP contribution >= 0.6 is 0 Å². The van der Waals surface area contributed by atoms with E-state index in [-0.39, 0.29) is 12.3 Å². The quantitative estimate of drug-likeness (QED) is 0.389. The van der Waals surface area contributed by atoms with Crippen LogP contribution in [0.2, 0.25) is 0 Å². The number of fused-ring (bicyclic) bond motifs is 1. The van der Waals surface area contributed by atoms with Crippen LogP contribution in [0.15, 0.2) is 6.07 Å². The zero-order valence-corrected chi connectivity index (χ0v) is 12.5. The van der Waals surface area contributed by atoms with E-state index in [1.54, 1.807) is 0 Å². The smallest absolute Gasteiger partial charge is 0.119 e. The van der Waals surface area contributed by atoms with E-state index in [1.807, 2.05) is 27.2 Å². The fraction of sp³-hybridized carbons (Fsp3) is 0.600. The van der Waals surface area contributed by atoms with E-state index < -0.39 is 0 Å². The number of likely N-dealkylation sites (N-methyl/N-ethyl adjacent to an activating group) is 2. The van der Waals surface area contributed by atoms with Gasteiger partial charge in [0.1, 0.15) is 5.75 Å². The summed E-state index contributed by atoms with van der Waals surface area (Å²) in [5, 5.41) is 29.2. The predicted molar refractivity (Wildman–Crippen MR) is 81.3 cm³/mol. The Kier molecular flexibility index (Phi) is 4.52. The molecule has 5 heteroatoms. The second-order valence-electron chi connectivity index (χ2n) is 5.40. The van der Waals surface area contributed by atoms with Crippen molar-refractivity contribution >= 4 is 5.69 Å². The molecule has 0 radical (unpaired) electrons. The first kappa shape index (κ1) is 15.1. The van der Waals surface area contributed by atoms with Crippen LogP contribution in [-0.4, -0.2) is 43.6 Å². The molecule has 0 heterocycles. The molecule has 1 aromatic rings. The van der Waals surface area contributed by atoms with Gasteiger partial charge in [-0.1, -0.05) is 0 Å². The number of aliphatic hydroxyl groups excluding tert-OH is 1. The van der Waals surface area contributed by atoms with Crippen LogP contribution in [0.1, 0.15) is 23.1 Å². The van der Waals surface area contributed by atoms with E-state index in [0.29, 0.717) is 12.2 Å². The standard InChI is InChI=1S/C15H25N3O2/c1-16-14-10(5-4-6-19)7-13(20)11-8-15(17-2,18-3)9-12(11)14/h7,16-20H,4-6,8-9H2,1-3H3. The third-order valence-corrected chi connectivity index (χ3v) is 4.38. The Morgan fingerprint density at radius 2 is 1.80 bits per heavy atom. The van der Waals surface area contributed by atoms with Crippen LogP contribution in [-0.2, 0) is 19.3 Å². The largest absolute Gasteiger partial charge is 0.508 e. The maximum atomic E-state index is 10.3. The van der Waals surface area contributed by atoms with Crippen LogP contribution in [0.5, 0.6) is 5.75 Å². The lowest BCUT2D eigenvalue weighted by atomic mass is 9.98. The summed E-state index contributed by atoms with van der Waals surface area (Å²) in [6.07, 6.45) is 3.05. The highest BCUT2D eigenvalue weighted by atomic mass is 16.3. The van der Waals surface area contributed by atoms with Gasteiger partial charge in [-0.2, -0.15) is 0 Å². The summed E-state index contributed by atoms with van der Waals surface area (Å²) in [6.45, 7) is 0.165. The van der Waals surface area contributed by atoms with Crippen molar-refractivity contribution in [3.05, 3.63) is 22.8 Å². The fourth-order valence-electron chi connectivity index (χ4n) is 3.14. The van der Waals surface area contributed by atoms with E-state index >= 15 is 0 Å². The number of hydrogen-bond acceptors (Lipinski definition) is 5. The van der Waals surface area contributed by atoms with Gasteiger partial charge in [0, 0.05) is 37.7 Å². The van der Waals surface area contributed by atoms with Gasteiger partial charge in [0.2, 0.25) is 0 Å². The number of nitrogens with one attached hydrogen (secondary N) is 3. The van der Waals surface area contributed by atoms with Gasteiger partial charge < -0.3 is 26.2 Å². The monoisotopic (exact) mass is 279 g/mol. The Labute approximate surface area is 120 Å². The Balaban J connectivity index is 2.44. The maximum absolute atomic E-state index is 10.3. The zero-order valence-electron chi connectivity index (χ0n) is 12.5. The lowest BCUT2D eigenvalue weighted by molar-refractivity contribution is 0.288. The van der Waals surface area contributed by atoms with E-state index in [4.69, 9.17) is 5.11 Å². The SMILES string of the molecule is CNc1c(CCCO)cc(O)c2c1CC(NC)(NC)C2. The van der Waals surface area contributed by atoms with Crippen LogP contribution in [0.25, 0.3) is 0 Å². The predicted octanol–water partition coefficient (Wildman–Crippen LogP) is 0.592. The van der Waals surface area contributed by atoms with Gasteiger partial charge in [-0.05, 0) is 44.1 Å². The van der Waals surface area contributed by atoms with Crippen LogP contribution in [0.4, 0.5) is 5.69 Å². The van der Waals surface area contributed by atoms with E-state index in [2.05, 4.69) is 16.0 Å². The molecule has 5 nitrogen and oxygen atoms in total. The molecule has 0 atom stereocenters. The molecule has 1 aliphatic carbocycles. The van der Waals surface area contributed by atoms with E-state index in [9.17, 15) is 5.11 Å². The Hall–Kier alpha value is -1.30. The molecular formula is C15H25N3O2. The normalized spacial score (nSPS) is 16.2. The molecule has 20 heavy (non-hydrogen) atoms. The topological polar surface area (TPSA) is 76.5 Å². The van der Waals surface area contributed by atoms with Crippen molar-refractivity contribution in [1.29, 1.82) is 0 Å². The van der Waals surface area contributed by atoms with Gasteiger partial charge in [-0.25, -0.2) is 0 Å². The molecule has 0 unspecified atom stereocenters. The maximum Gasteiger partial charge on any atom is 0.119 e. The summed E-state index contributed by atoms with van der Waals surface area (Å²) in [5.41, 5.74) is 4.15. The number of rotatable bonds is 6. The summed E-state index contributed by atoms with van der Waals surface area (Å²) >= 11 is 0. The second-order valence-corrected chi connectivity index (χ2v) is 5.40. The lowest BCUT2D eigenvalue weighted by Crippen LogP contribution is -2.54. The highest BCUT2D eigenvalue weighted by molar-refractivity contribution is 5.66. The zero-order chi connectivity index (χ0) is 14.8. The van der Waals surface area contributed by atoms with Crippen LogP contribution < -0.4 is 16.0 Å². The average Bonchev–Trinajstić information content (AvgIpc) is 2.86. The minimum atomic E-state index is -0.193. The summed E-state index contributed by atoms with van der Waals surface area (Å²) in [6, 6.07) is 1.84. The molecule has 0 amide bonds. The molecule has 0 saturated carbocycles. The molecule has 2 rings (SSSR count). The van der Waals surface area contributed by atoms with Crippen molar-refractivity contribution in [3.8, 4) is 5.75 Å². The molecule has 0 aromatic heterocycles. The number of aryl methyl sites for hydroxylation is 1. The van der Waals surface area contributed by atoms with Crippen molar-refractivity contribution in [2.24, 2.45) is 0 Å². The molecule has 1 aliphatic rings.